The normalized spacial score (nSPS) is 13.2. The average molecular weight is 846 g/mol. The predicted molar refractivity (Wildman–Crippen MR) is 247 cm³/mol. The Labute approximate surface area is 363 Å². The molecule has 316 valence electrons. The van der Waals surface area contributed by atoms with Crippen LogP contribution in [-0.2, 0) is 37.5 Å². The Balaban J connectivity index is 0.746. The van der Waals surface area contributed by atoms with E-state index in [0.29, 0.717) is 58.6 Å². The number of aromatic nitrogens is 1. The Morgan fingerprint density at radius 1 is 0.717 bits per heavy atom. The summed E-state index contributed by atoms with van der Waals surface area (Å²) in [5.41, 5.74) is 6.62. The maximum absolute atomic E-state index is 13.2. The topological polar surface area (TPSA) is 97.0 Å². The molecule has 6 aromatic rings. The van der Waals surface area contributed by atoms with Crippen LogP contribution in [0.2, 0.25) is 0 Å². The largest absolute Gasteiger partial charge is 0.379 e. The number of fused-ring (bicyclic) bond motifs is 2. The lowest BCUT2D eigenvalue weighted by Gasteiger charge is -2.37. The second-order valence-corrected chi connectivity index (χ2v) is 17.5. The van der Waals surface area contributed by atoms with E-state index in [1.54, 1.807) is 22.7 Å². The van der Waals surface area contributed by atoms with Crippen molar-refractivity contribution in [1.29, 1.82) is 0 Å². The predicted octanol–water partition coefficient (Wildman–Crippen LogP) is 9.12. The standard InChI is InChI=1S/C49H59N5O4S2/c1-37(2)54-29-25-41-44(36-54)60-48(46(41)47-52-42-22-12-13-23-43(42)59-47)53-45(55)24-28-50-26-14-30-56-32-34-58-35-33-57-31-15-27-51-49(38-16-6-3-7-17-38,39-18-8-4-9-19-39)40-20-10-5-11-21-40/h3-13,16-23,37,50-51H,14-15,24-36H2,1-2H3,(H,53,55). The molecular weight excluding hydrogens is 787 g/mol. The van der Waals surface area contributed by atoms with E-state index in [-0.39, 0.29) is 5.91 Å². The molecule has 3 N–H and O–H groups in total. The number of benzene rings is 4. The molecule has 11 heteroatoms. The highest BCUT2D eigenvalue weighted by Gasteiger charge is 2.35. The minimum atomic E-state index is -0.468. The lowest BCUT2D eigenvalue weighted by atomic mass is 9.77. The third-order valence-electron chi connectivity index (χ3n) is 11.0. The van der Waals surface area contributed by atoms with E-state index in [4.69, 9.17) is 19.2 Å². The third kappa shape index (κ3) is 11.3. The summed E-state index contributed by atoms with van der Waals surface area (Å²) in [5, 5.41) is 12.5. The van der Waals surface area contributed by atoms with Gasteiger partial charge in [0.2, 0.25) is 5.91 Å². The number of ether oxygens (including phenoxy) is 3. The van der Waals surface area contributed by atoms with Gasteiger partial charge in [0.15, 0.2) is 0 Å². The van der Waals surface area contributed by atoms with E-state index in [0.717, 1.165) is 66.5 Å². The first-order chi connectivity index (χ1) is 29.5. The van der Waals surface area contributed by atoms with E-state index in [1.807, 2.05) is 6.07 Å². The van der Waals surface area contributed by atoms with Crippen molar-refractivity contribution in [2.45, 2.75) is 57.7 Å². The van der Waals surface area contributed by atoms with Gasteiger partial charge in [-0.3, -0.25) is 15.0 Å². The molecule has 0 saturated carbocycles. The summed E-state index contributed by atoms with van der Waals surface area (Å²) in [6.45, 7) is 12.1. The summed E-state index contributed by atoms with van der Waals surface area (Å²) in [6.07, 6.45) is 3.11. The first-order valence-electron chi connectivity index (χ1n) is 21.4. The number of carbonyl (C=O) groups excluding carboxylic acids is 1. The van der Waals surface area contributed by atoms with Gasteiger partial charge in [-0.15, -0.1) is 22.7 Å². The zero-order chi connectivity index (χ0) is 41.4. The van der Waals surface area contributed by atoms with E-state index >= 15 is 0 Å². The number of rotatable bonds is 24. The number of thiophene rings is 1. The average Bonchev–Trinajstić information content (AvgIpc) is 3.87. The zero-order valence-electron chi connectivity index (χ0n) is 35.0. The Hall–Kier alpha value is -4.30. The van der Waals surface area contributed by atoms with Gasteiger partial charge < -0.3 is 24.8 Å². The molecule has 1 aliphatic heterocycles. The van der Waals surface area contributed by atoms with E-state index < -0.39 is 5.54 Å². The van der Waals surface area contributed by atoms with E-state index in [1.165, 1.54) is 31.8 Å². The molecule has 3 heterocycles. The molecule has 0 atom stereocenters. The highest BCUT2D eigenvalue weighted by atomic mass is 32.1. The third-order valence-corrected chi connectivity index (χ3v) is 13.2. The highest BCUT2D eigenvalue weighted by Crippen LogP contribution is 2.46. The van der Waals surface area contributed by atoms with Gasteiger partial charge in [-0.2, -0.15) is 0 Å². The van der Waals surface area contributed by atoms with Crippen LogP contribution in [0.5, 0.6) is 0 Å². The van der Waals surface area contributed by atoms with Crippen LogP contribution in [-0.4, -0.2) is 87.7 Å². The molecule has 0 fully saturated rings. The number of amides is 1. The number of hydrogen-bond donors (Lipinski definition) is 3. The van der Waals surface area contributed by atoms with Crippen LogP contribution in [0.1, 0.15) is 60.2 Å². The second-order valence-electron chi connectivity index (χ2n) is 15.4. The van der Waals surface area contributed by atoms with Gasteiger partial charge in [-0.05, 0) is 80.6 Å². The summed E-state index contributed by atoms with van der Waals surface area (Å²) in [4.78, 5) is 22.0. The van der Waals surface area contributed by atoms with Gasteiger partial charge in [0, 0.05) is 55.8 Å². The lowest BCUT2D eigenvalue weighted by molar-refractivity contribution is -0.116. The quantitative estimate of drug-likeness (QED) is 0.0411. The summed E-state index contributed by atoms with van der Waals surface area (Å²) >= 11 is 3.42. The maximum Gasteiger partial charge on any atom is 0.226 e. The van der Waals surface area contributed by atoms with Gasteiger partial charge in [0.1, 0.15) is 10.0 Å². The molecule has 0 bridgehead atoms. The minimum absolute atomic E-state index is 0.0226. The van der Waals surface area contributed by atoms with Crippen molar-refractivity contribution in [1.82, 2.24) is 20.5 Å². The molecule has 60 heavy (non-hydrogen) atoms. The first-order valence-corrected chi connectivity index (χ1v) is 23.1. The maximum atomic E-state index is 13.2. The Bertz CT molecular complexity index is 2070. The van der Waals surface area contributed by atoms with Crippen LogP contribution >= 0.6 is 22.7 Å². The number of nitrogens with zero attached hydrogens (tertiary/aromatic N) is 2. The fourth-order valence-electron chi connectivity index (χ4n) is 7.84. The fraction of sp³-hybridized carbons (Fsp3) is 0.388. The number of anilines is 1. The van der Waals surface area contributed by atoms with Crippen molar-refractivity contribution in [3.63, 3.8) is 0 Å². The SMILES string of the molecule is CC(C)N1CCc2c(sc(NC(=O)CCNCCCOCCOCCOCCCNC(c3ccccc3)(c3ccccc3)c3ccccc3)c2-c2nc3ccccc3s2)C1. The molecule has 7 rings (SSSR count). The second kappa shape index (κ2) is 22.5. The molecule has 2 aromatic heterocycles. The molecule has 1 amide bonds. The number of thiazole rings is 1. The van der Waals surface area contributed by atoms with Crippen LogP contribution in [0.15, 0.2) is 115 Å². The number of para-hydroxylation sites is 1. The molecule has 9 nitrogen and oxygen atoms in total. The molecule has 0 spiro atoms. The Morgan fingerprint density at radius 2 is 1.28 bits per heavy atom. The molecule has 1 aliphatic rings. The van der Waals surface area contributed by atoms with Crippen molar-refractivity contribution >= 4 is 43.8 Å². The minimum Gasteiger partial charge on any atom is -0.379 e. The van der Waals surface area contributed by atoms with Crippen LogP contribution in [0.25, 0.3) is 20.8 Å². The van der Waals surface area contributed by atoms with Crippen molar-refractivity contribution in [2.24, 2.45) is 0 Å². The van der Waals surface area contributed by atoms with Gasteiger partial charge in [0.25, 0.3) is 0 Å². The number of nitrogens with one attached hydrogen (secondary N) is 3. The van der Waals surface area contributed by atoms with Gasteiger partial charge >= 0.3 is 0 Å². The highest BCUT2D eigenvalue weighted by molar-refractivity contribution is 7.23. The zero-order valence-corrected chi connectivity index (χ0v) is 36.6. The van der Waals surface area contributed by atoms with E-state index in [2.05, 4.69) is 144 Å². The molecule has 0 unspecified atom stereocenters. The van der Waals surface area contributed by atoms with Gasteiger partial charge in [0.05, 0.1) is 42.2 Å². The molecule has 0 radical (unpaired) electrons. The Morgan fingerprint density at radius 3 is 1.88 bits per heavy atom. The summed E-state index contributed by atoms with van der Waals surface area (Å²) in [7, 11) is 0. The molecule has 4 aromatic carbocycles. The summed E-state index contributed by atoms with van der Waals surface area (Å²) < 4.78 is 18.6. The monoisotopic (exact) mass is 845 g/mol. The smallest absolute Gasteiger partial charge is 0.226 e. The molecular formula is C49H59N5O4S2. The molecule has 0 aliphatic carbocycles. The molecule has 0 saturated heterocycles. The van der Waals surface area contributed by atoms with Crippen molar-refractivity contribution in [2.75, 3.05) is 71.1 Å². The van der Waals surface area contributed by atoms with Gasteiger partial charge in [-0.1, -0.05) is 103 Å². The summed E-state index contributed by atoms with van der Waals surface area (Å²) in [5.74, 6) is 0.0226. The van der Waals surface area contributed by atoms with Crippen molar-refractivity contribution in [3.8, 4) is 10.6 Å². The van der Waals surface area contributed by atoms with Crippen LogP contribution in [0.4, 0.5) is 5.00 Å². The van der Waals surface area contributed by atoms with Crippen LogP contribution in [0.3, 0.4) is 0 Å². The van der Waals surface area contributed by atoms with Crippen LogP contribution < -0.4 is 16.0 Å². The number of carbonyl (C=O) groups is 1. The van der Waals surface area contributed by atoms with Crippen LogP contribution in [0, 0.1) is 0 Å². The first kappa shape index (κ1) is 43.8. The summed E-state index contributed by atoms with van der Waals surface area (Å²) in [6, 6.07) is 40.7. The fourth-order valence-corrected chi connectivity index (χ4v) is 10.2. The van der Waals surface area contributed by atoms with Gasteiger partial charge in [-0.25, -0.2) is 4.98 Å². The van der Waals surface area contributed by atoms with Crippen molar-refractivity contribution < 1.29 is 19.0 Å². The Kier molecular flexibility index (Phi) is 16.4. The van der Waals surface area contributed by atoms with E-state index in [9.17, 15) is 4.79 Å². The lowest BCUT2D eigenvalue weighted by Crippen LogP contribution is -2.45. The number of hydrogen-bond acceptors (Lipinski definition) is 10. The van der Waals surface area contributed by atoms with Crippen molar-refractivity contribution in [3.05, 3.63) is 142 Å².